The van der Waals surface area contributed by atoms with Crippen molar-refractivity contribution < 1.29 is 18.7 Å². The Morgan fingerprint density at radius 3 is 2.06 bits per heavy atom. The molecule has 0 aromatic carbocycles. The third-order valence-corrected chi connectivity index (χ3v) is 4.30. The van der Waals surface area contributed by atoms with E-state index in [1.54, 1.807) is 20.0 Å². The lowest BCUT2D eigenvalue weighted by Gasteiger charge is -2.35. The van der Waals surface area contributed by atoms with Crippen molar-refractivity contribution in [2.75, 3.05) is 13.2 Å². The topological polar surface area (TPSA) is 44.8 Å². The fourth-order valence-electron chi connectivity index (χ4n) is 1.38. The van der Waals surface area contributed by atoms with Crippen LogP contribution in [0.4, 0.5) is 0 Å². The molecule has 0 aliphatic rings. The van der Waals surface area contributed by atoms with Crippen LogP contribution in [0.3, 0.4) is 0 Å². The highest BCUT2D eigenvalue weighted by Gasteiger charge is 2.40. The summed E-state index contributed by atoms with van der Waals surface area (Å²) in [6, 6.07) is 0. The van der Waals surface area contributed by atoms with E-state index >= 15 is 0 Å². The van der Waals surface area contributed by atoms with E-state index in [0.29, 0.717) is 13.2 Å². The van der Waals surface area contributed by atoms with Crippen LogP contribution in [-0.4, -0.2) is 32.9 Å². The number of hydrogen-bond acceptors (Lipinski definition) is 4. The Morgan fingerprint density at radius 2 is 1.75 bits per heavy atom. The van der Waals surface area contributed by atoms with Crippen LogP contribution in [0.25, 0.3) is 0 Å². The van der Waals surface area contributed by atoms with E-state index in [4.69, 9.17) is 13.9 Å². The smallest absolute Gasteiger partial charge is 0.270 e. The number of rotatable bonds is 8. The Bertz CT molecular complexity index is 244. The number of hydrogen-bond donors (Lipinski definition) is 0. The maximum absolute atomic E-state index is 11.6. The van der Waals surface area contributed by atoms with Gasteiger partial charge in [0, 0.05) is 20.1 Å². The summed E-state index contributed by atoms with van der Waals surface area (Å²) < 4.78 is 16.5. The Hall–Kier alpha value is -0.493. The summed E-state index contributed by atoms with van der Waals surface area (Å²) in [5, 5.41) is -0.0712. The van der Waals surface area contributed by atoms with Gasteiger partial charge in [0.05, 0.1) is 0 Å². The minimum atomic E-state index is -2.52. The lowest BCUT2D eigenvalue weighted by atomic mass is 10.6. The van der Waals surface area contributed by atoms with Crippen molar-refractivity contribution >= 4 is 13.7 Å². The summed E-state index contributed by atoms with van der Waals surface area (Å²) in [6.07, 6.45) is 1.30. The molecule has 0 rings (SSSR count). The third-order valence-electron chi connectivity index (χ3n) is 2.03. The van der Waals surface area contributed by atoms with Crippen molar-refractivity contribution in [3.63, 3.8) is 0 Å². The molecule has 0 atom stereocenters. The molecular formula is C11H22O4Si. The van der Waals surface area contributed by atoms with Crippen molar-refractivity contribution in [1.82, 2.24) is 0 Å². The summed E-state index contributed by atoms with van der Waals surface area (Å²) in [6.45, 7) is 13.4. The first-order valence-electron chi connectivity index (χ1n) is 5.46. The zero-order valence-electron chi connectivity index (χ0n) is 10.8. The first kappa shape index (κ1) is 15.5. The van der Waals surface area contributed by atoms with Gasteiger partial charge < -0.3 is 13.9 Å². The van der Waals surface area contributed by atoms with E-state index in [2.05, 4.69) is 6.58 Å². The highest BCUT2D eigenvalue weighted by Crippen LogP contribution is 2.21. The molecule has 0 saturated heterocycles. The molecule has 0 amide bonds. The zero-order valence-corrected chi connectivity index (χ0v) is 11.8. The molecule has 0 unspecified atom stereocenters. The zero-order chi connectivity index (χ0) is 12.8. The van der Waals surface area contributed by atoms with E-state index < -0.39 is 14.3 Å². The van der Waals surface area contributed by atoms with Crippen molar-refractivity contribution in [3.05, 3.63) is 12.7 Å². The molecule has 4 nitrogen and oxygen atoms in total. The minimum Gasteiger partial charge on any atom is -0.361 e. The number of carbonyl (C=O) groups is 1. The van der Waals surface area contributed by atoms with Gasteiger partial charge in [0.25, 0.3) is 14.3 Å². The highest BCUT2D eigenvalue weighted by atomic mass is 28.4. The Labute approximate surface area is 98.7 Å². The van der Waals surface area contributed by atoms with Gasteiger partial charge in [-0.05, 0) is 33.0 Å². The summed E-state index contributed by atoms with van der Waals surface area (Å²) in [7, 11) is -2.52. The minimum absolute atomic E-state index is 0.0712. The SMILES string of the molecule is C=CC(=O)[Si](C)(C)OC(C)(OCC)OCC. The maximum Gasteiger partial charge on any atom is 0.270 e. The second-order valence-corrected chi connectivity index (χ2v) is 7.63. The first-order valence-corrected chi connectivity index (χ1v) is 8.37. The van der Waals surface area contributed by atoms with Gasteiger partial charge in [-0.25, -0.2) is 0 Å². The van der Waals surface area contributed by atoms with Gasteiger partial charge in [-0.2, -0.15) is 0 Å². The predicted molar refractivity (Wildman–Crippen MR) is 65.4 cm³/mol. The van der Waals surface area contributed by atoms with Crippen LogP contribution in [0.1, 0.15) is 20.8 Å². The molecule has 0 N–H and O–H groups in total. The standard InChI is InChI=1S/C11H22O4Si/c1-7-10(12)16(5,6)15-11(4,13-8-2)14-9-3/h7H,1,8-9H2,2-6H3. The second kappa shape index (κ2) is 6.29. The molecule has 0 aliphatic heterocycles. The molecule has 0 bridgehead atoms. The summed E-state index contributed by atoms with van der Waals surface area (Å²) in [4.78, 5) is 11.6. The van der Waals surface area contributed by atoms with Crippen molar-refractivity contribution in [1.29, 1.82) is 0 Å². The molecule has 0 heterocycles. The average Bonchev–Trinajstić information content (AvgIpc) is 2.15. The van der Waals surface area contributed by atoms with Gasteiger partial charge in [-0.3, -0.25) is 4.79 Å². The van der Waals surface area contributed by atoms with Crippen molar-refractivity contribution in [2.45, 2.75) is 39.8 Å². The monoisotopic (exact) mass is 246 g/mol. The average molecular weight is 246 g/mol. The fourth-order valence-corrected chi connectivity index (χ4v) is 3.02. The lowest BCUT2D eigenvalue weighted by Crippen LogP contribution is -2.50. The predicted octanol–water partition coefficient (Wildman–Crippen LogP) is 2.25. The largest absolute Gasteiger partial charge is 0.361 e. The van der Waals surface area contributed by atoms with Crippen LogP contribution >= 0.6 is 0 Å². The molecular weight excluding hydrogens is 224 g/mol. The number of ether oxygens (including phenoxy) is 2. The van der Waals surface area contributed by atoms with Gasteiger partial charge in [0.15, 0.2) is 5.41 Å². The van der Waals surface area contributed by atoms with Crippen LogP contribution in [0.5, 0.6) is 0 Å². The van der Waals surface area contributed by atoms with E-state index in [1.807, 2.05) is 13.8 Å². The molecule has 0 saturated carbocycles. The van der Waals surface area contributed by atoms with E-state index in [-0.39, 0.29) is 5.41 Å². The molecule has 0 aromatic heterocycles. The maximum atomic E-state index is 11.6. The van der Waals surface area contributed by atoms with Crippen LogP contribution in [0, 0.1) is 0 Å². The molecule has 0 radical (unpaired) electrons. The summed E-state index contributed by atoms with van der Waals surface area (Å²) in [5.74, 6) is -1.14. The summed E-state index contributed by atoms with van der Waals surface area (Å²) in [5.41, 5.74) is 0. The number of allylic oxidation sites excluding steroid dienone is 1. The van der Waals surface area contributed by atoms with Gasteiger partial charge in [0.1, 0.15) is 0 Å². The highest BCUT2D eigenvalue weighted by molar-refractivity contribution is 7.01. The normalized spacial score (nSPS) is 12.6. The molecule has 94 valence electrons. The van der Waals surface area contributed by atoms with Crippen molar-refractivity contribution in [3.8, 4) is 0 Å². The van der Waals surface area contributed by atoms with Crippen LogP contribution < -0.4 is 0 Å². The van der Waals surface area contributed by atoms with Crippen molar-refractivity contribution in [2.24, 2.45) is 0 Å². The molecule has 0 aromatic rings. The Balaban J connectivity index is 4.72. The fraction of sp³-hybridized carbons (Fsp3) is 0.727. The van der Waals surface area contributed by atoms with Gasteiger partial charge in [-0.1, -0.05) is 6.58 Å². The van der Waals surface area contributed by atoms with E-state index in [1.165, 1.54) is 6.08 Å². The van der Waals surface area contributed by atoms with Crippen LogP contribution in [0.2, 0.25) is 13.1 Å². The third kappa shape index (κ3) is 4.57. The Kier molecular flexibility index (Phi) is 6.10. The van der Waals surface area contributed by atoms with Gasteiger partial charge in [0.2, 0.25) is 0 Å². The second-order valence-electron chi connectivity index (χ2n) is 3.91. The Morgan fingerprint density at radius 1 is 1.31 bits per heavy atom. The summed E-state index contributed by atoms with van der Waals surface area (Å²) >= 11 is 0. The quantitative estimate of drug-likeness (QED) is 0.374. The first-order chi connectivity index (χ1) is 7.31. The van der Waals surface area contributed by atoms with Gasteiger partial charge in [-0.15, -0.1) is 0 Å². The van der Waals surface area contributed by atoms with E-state index in [0.717, 1.165) is 0 Å². The molecule has 16 heavy (non-hydrogen) atoms. The number of carbonyl (C=O) groups excluding carboxylic acids is 1. The van der Waals surface area contributed by atoms with Gasteiger partial charge >= 0.3 is 0 Å². The molecule has 0 aliphatic carbocycles. The van der Waals surface area contributed by atoms with E-state index in [9.17, 15) is 4.79 Å². The van der Waals surface area contributed by atoms with Crippen LogP contribution in [0.15, 0.2) is 12.7 Å². The molecule has 0 fully saturated rings. The van der Waals surface area contributed by atoms with Crippen LogP contribution in [-0.2, 0) is 18.7 Å². The lowest BCUT2D eigenvalue weighted by molar-refractivity contribution is -0.333. The molecule has 5 heteroatoms. The molecule has 0 spiro atoms.